The van der Waals surface area contributed by atoms with Gasteiger partial charge < -0.3 is 19.5 Å². The normalized spacial score (nSPS) is 12.2. The highest BCUT2D eigenvalue weighted by atomic mass is 19.1. The average Bonchev–Trinajstić information content (AvgIpc) is 2.69. The van der Waals surface area contributed by atoms with E-state index in [1.54, 1.807) is 45.0 Å². The fourth-order valence-corrected chi connectivity index (χ4v) is 2.84. The van der Waals surface area contributed by atoms with Gasteiger partial charge in [0.2, 0.25) is 5.91 Å². The molecule has 7 heteroatoms. The lowest BCUT2D eigenvalue weighted by molar-refractivity contribution is -0.158. The number of amides is 1. The minimum Gasteiger partial charge on any atom is -0.489 e. The molecule has 6 nitrogen and oxygen atoms in total. The van der Waals surface area contributed by atoms with Crippen molar-refractivity contribution >= 4 is 11.9 Å². The molecule has 2 aromatic carbocycles. The summed E-state index contributed by atoms with van der Waals surface area (Å²) in [4.78, 5) is 24.6. The van der Waals surface area contributed by atoms with E-state index in [9.17, 15) is 14.0 Å². The van der Waals surface area contributed by atoms with Gasteiger partial charge in [-0.1, -0.05) is 24.3 Å². The molecule has 1 N–H and O–H groups in total. The van der Waals surface area contributed by atoms with Gasteiger partial charge >= 0.3 is 5.97 Å². The molecule has 1 atom stereocenters. The number of methoxy groups -OCH3 is 1. The first-order valence-electron chi connectivity index (χ1n) is 10.1. The van der Waals surface area contributed by atoms with Crippen molar-refractivity contribution in [2.75, 3.05) is 13.7 Å². The summed E-state index contributed by atoms with van der Waals surface area (Å²) < 4.78 is 29.3. The lowest BCUT2D eigenvalue weighted by atomic mass is 10.1. The van der Waals surface area contributed by atoms with Crippen molar-refractivity contribution in [3.8, 4) is 5.75 Å². The molecule has 0 aliphatic carbocycles. The van der Waals surface area contributed by atoms with Crippen molar-refractivity contribution < 1.29 is 28.2 Å². The summed E-state index contributed by atoms with van der Waals surface area (Å²) in [5.41, 5.74) is 1.01. The molecule has 2 aromatic rings. The molecule has 1 amide bonds. The molecular formula is C24H30FNO5. The second-order valence-electron chi connectivity index (χ2n) is 8.22. The predicted molar refractivity (Wildman–Crippen MR) is 115 cm³/mol. The molecule has 31 heavy (non-hydrogen) atoms. The van der Waals surface area contributed by atoms with Crippen molar-refractivity contribution in [1.82, 2.24) is 5.32 Å². The zero-order valence-corrected chi connectivity index (χ0v) is 18.4. The van der Waals surface area contributed by atoms with Gasteiger partial charge in [0, 0.05) is 13.7 Å². The van der Waals surface area contributed by atoms with Crippen LogP contribution in [-0.2, 0) is 32.2 Å². The zero-order chi connectivity index (χ0) is 22.9. The zero-order valence-electron chi connectivity index (χ0n) is 18.4. The van der Waals surface area contributed by atoms with E-state index in [-0.39, 0.29) is 31.4 Å². The van der Waals surface area contributed by atoms with Crippen LogP contribution in [0.25, 0.3) is 0 Å². The number of rotatable bonds is 10. The molecule has 0 aliphatic heterocycles. The summed E-state index contributed by atoms with van der Waals surface area (Å²) in [6, 6.07) is 13.5. The quantitative estimate of drug-likeness (QED) is 0.576. The highest BCUT2D eigenvalue weighted by molar-refractivity contribution is 5.84. The molecule has 168 valence electrons. The first kappa shape index (κ1) is 24.3. The van der Waals surface area contributed by atoms with Gasteiger partial charge in [-0.25, -0.2) is 4.39 Å². The molecule has 0 saturated carbocycles. The Morgan fingerprint density at radius 1 is 1.06 bits per heavy atom. The Labute approximate surface area is 182 Å². The fourth-order valence-electron chi connectivity index (χ4n) is 2.84. The van der Waals surface area contributed by atoms with Gasteiger partial charge in [-0.2, -0.15) is 0 Å². The molecule has 0 spiro atoms. The highest BCUT2D eigenvalue weighted by Gasteiger charge is 2.25. The van der Waals surface area contributed by atoms with Gasteiger partial charge in [0.25, 0.3) is 0 Å². The summed E-state index contributed by atoms with van der Waals surface area (Å²) in [5, 5.41) is 2.83. The molecule has 0 aromatic heterocycles. The molecule has 2 rings (SSSR count). The first-order valence-corrected chi connectivity index (χ1v) is 10.1. The maximum atomic E-state index is 13.2. The number of esters is 1. The number of carbonyl (C=O) groups is 2. The van der Waals surface area contributed by atoms with Crippen LogP contribution in [0.4, 0.5) is 4.39 Å². The summed E-state index contributed by atoms with van der Waals surface area (Å²) in [6.45, 7) is 6.03. The van der Waals surface area contributed by atoms with Crippen LogP contribution in [0.15, 0.2) is 48.5 Å². The van der Waals surface area contributed by atoms with Crippen LogP contribution in [0, 0.1) is 11.7 Å². The van der Waals surface area contributed by atoms with Crippen LogP contribution >= 0.6 is 0 Å². The Morgan fingerprint density at radius 2 is 1.77 bits per heavy atom. The van der Waals surface area contributed by atoms with Crippen LogP contribution in [0.1, 0.15) is 38.3 Å². The largest absolute Gasteiger partial charge is 0.489 e. The summed E-state index contributed by atoms with van der Waals surface area (Å²) in [6.07, 6.45) is -0.0518. The van der Waals surface area contributed by atoms with Crippen molar-refractivity contribution in [3.05, 3.63) is 65.5 Å². The lowest BCUT2D eigenvalue weighted by Crippen LogP contribution is -2.35. The summed E-state index contributed by atoms with van der Waals surface area (Å²) in [7, 11) is 1.48. The van der Waals surface area contributed by atoms with Gasteiger partial charge in [0.15, 0.2) is 0 Å². The topological polar surface area (TPSA) is 73.9 Å². The number of ether oxygens (including phenoxy) is 3. The highest BCUT2D eigenvalue weighted by Crippen LogP contribution is 2.16. The molecule has 0 radical (unpaired) electrons. The monoisotopic (exact) mass is 431 g/mol. The fraction of sp³-hybridized carbons (Fsp3) is 0.417. The third kappa shape index (κ3) is 9.17. The van der Waals surface area contributed by atoms with Gasteiger partial charge in [-0.15, -0.1) is 0 Å². The van der Waals surface area contributed by atoms with Crippen LogP contribution in [0.3, 0.4) is 0 Å². The van der Waals surface area contributed by atoms with Crippen molar-refractivity contribution in [3.63, 3.8) is 0 Å². The Morgan fingerprint density at radius 3 is 2.39 bits per heavy atom. The van der Waals surface area contributed by atoms with Gasteiger partial charge in [0.05, 0.1) is 18.9 Å². The Kier molecular flexibility index (Phi) is 9.00. The number of carbonyl (C=O) groups excluding carboxylic acids is 2. The van der Waals surface area contributed by atoms with Crippen LogP contribution in [0.2, 0.25) is 0 Å². The Balaban J connectivity index is 1.84. The van der Waals surface area contributed by atoms with E-state index in [1.807, 2.05) is 12.1 Å². The maximum Gasteiger partial charge on any atom is 0.307 e. The minimum absolute atomic E-state index is 0.0518. The number of benzene rings is 2. The molecule has 0 heterocycles. The number of hydrogen-bond acceptors (Lipinski definition) is 5. The first-order chi connectivity index (χ1) is 14.7. The lowest BCUT2D eigenvalue weighted by Gasteiger charge is -2.21. The third-order valence-corrected chi connectivity index (χ3v) is 4.26. The van der Waals surface area contributed by atoms with Gasteiger partial charge in [0.1, 0.15) is 23.8 Å². The standard InChI is InChI=1S/C24H30FNO5/c1-24(2,3)31-22(27)13-19(16-29-4)23(28)26-14-17-8-10-21(11-9-17)30-15-18-6-5-7-20(25)12-18/h5-12,19H,13-16H2,1-4H3,(H,26,28)/t19-/m0/s1. The molecule has 0 bridgehead atoms. The summed E-state index contributed by atoms with van der Waals surface area (Å²) in [5.74, 6) is -1.01. The van der Waals surface area contributed by atoms with E-state index >= 15 is 0 Å². The van der Waals surface area contributed by atoms with Gasteiger partial charge in [-0.05, 0) is 56.2 Å². The second-order valence-corrected chi connectivity index (χ2v) is 8.22. The van der Waals surface area contributed by atoms with E-state index < -0.39 is 17.5 Å². The molecule has 0 unspecified atom stereocenters. The number of nitrogens with one attached hydrogen (secondary N) is 1. The third-order valence-electron chi connectivity index (χ3n) is 4.26. The molecular weight excluding hydrogens is 401 g/mol. The predicted octanol–water partition coefficient (Wildman–Crippen LogP) is 4.02. The van der Waals surface area contributed by atoms with Crippen molar-refractivity contribution in [2.24, 2.45) is 5.92 Å². The SMILES string of the molecule is COC[C@H](CC(=O)OC(C)(C)C)C(=O)NCc1ccc(OCc2cccc(F)c2)cc1. The Bertz CT molecular complexity index is 861. The minimum atomic E-state index is -0.631. The van der Waals surface area contributed by atoms with E-state index in [0.29, 0.717) is 12.3 Å². The van der Waals surface area contributed by atoms with Crippen LogP contribution in [-0.4, -0.2) is 31.2 Å². The maximum absolute atomic E-state index is 13.2. The van der Waals surface area contributed by atoms with E-state index in [0.717, 1.165) is 11.1 Å². The van der Waals surface area contributed by atoms with Crippen LogP contribution < -0.4 is 10.1 Å². The van der Waals surface area contributed by atoms with Crippen LogP contribution in [0.5, 0.6) is 5.75 Å². The summed E-state index contributed by atoms with van der Waals surface area (Å²) >= 11 is 0. The molecule has 0 fully saturated rings. The van der Waals surface area contributed by atoms with Crippen molar-refractivity contribution in [2.45, 2.75) is 45.9 Å². The van der Waals surface area contributed by atoms with E-state index in [4.69, 9.17) is 14.2 Å². The van der Waals surface area contributed by atoms with Gasteiger partial charge in [-0.3, -0.25) is 9.59 Å². The molecule has 0 aliphatic rings. The average molecular weight is 432 g/mol. The number of halogens is 1. The van der Waals surface area contributed by atoms with Crippen molar-refractivity contribution in [1.29, 1.82) is 0 Å². The van der Waals surface area contributed by atoms with E-state index in [2.05, 4.69) is 5.32 Å². The second kappa shape index (κ2) is 11.5. The van der Waals surface area contributed by atoms with E-state index in [1.165, 1.54) is 19.2 Å². The number of hydrogen-bond donors (Lipinski definition) is 1. The smallest absolute Gasteiger partial charge is 0.307 e. The molecule has 0 saturated heterocycles. The Hall–Kier alpha value is -2.93.